The number of amides is 1. The molecule has 8 nitrogen and oxygen atoms in total. The number of carbonyl (C=O) groups is 1. The van der Waals surface area contributed by atoms with Gasteiger partial charge in [-0.25, -0.2) is 0 Å². The van der Waals surface area contributed by atoms with E-state index in [9.17, 15) is 26.4 Å². The maximum Gasteiger partial charge on any atom is 0.573 e. The van der Waals surface area contributed by atoms with Gasteiger partial charge >= 0.3 is 6.36 Å². The summed E-state index contributed by atoms with van der Waals surface area (Å²) in [5.74, 6) is -0.808. The number of nitrogens with zero attached hydrogens (tertiary/aromatic N) is 3. The Hall–Kier alpha value is -1.89. The van der Waals surface area contributed by atoms with Crippen LogP contribution < -0.4 is 10.1 Å². The summed E-state index contributed by atoms with van der Waals surface area (Å²) >= 11 is 0. The van der Waals surface area contributed by atoms with Gasteiger partial charge in [-0.2, -0.15) is 17.0 Å². The zero-order valence-corrected chi connectivity index (χ0v) is 19.0. The molecule has 0 aromatic heterocycles. The molecule has 1 unspecified atom stereocenters. The monoisotopic (exact) mass is 478 g/mol. The molecule has 3 rings (SSSR count). The SMILES string of the molecule is CC(C)N1CCN(S(=O)(=O)N2CCCCC2)CC1C(=O)Nc1ccc(OC(F)(F)F)cc1. The van der Waals surface area contributed by atoms with Crippen LogP contribution in [0.15, 0.2) is 24.3 Å². The van der Waals surface area contributed by atoms with Crippen molar-refractivity contribution in [1.29, 1.82) is 0 Å². The number of alkyl halides is 3. The lowest BCUT2D eigenvalue weighted by atomic mass is 10.1. The predicted molar refractivity (Wildman–Crippen MR) is 113 cm³/mol. The number of nitrogens with one attached hydrogen (secondary N) is 1. The largest absolute Gasteiger partial charge is 0.573 e. The first-order chi connectivity index (χ1) is 15.0. The maximum absolute atomic E-state index is 13.1. The highest BCUT2D eigenvalue weighted by molar-refractivity contribution is 7.86. The predicted octanol–water partition coefficient (Wildman–Crippen LogP) is 2.65. The second-order valence-corrected chi connectivity index (χ2v) is 10.2. The third kappa shape index (κ3) is 6.12. The molecule has 0 radical (unpaired) electrons. The van der Waals surface area contributed by atoms with E-state index in [1.54, 1.807) is 0 Å². The minimum atomic E-state index is -4.80. The van der Waals surface area contributed by atoms with E-state index in [1.165, 1.54) is 20.7 Å². The number of rotatable bonds is 6. The van der Waals surface area contributed by atoms with Crippen molar-refractivity contribution in [3.8, 4) is 5.75 Å². The van der Waals surface area contributed by atoms with Crippen LogP contribution in [-0.4, -0.2) is 79.0 Å². The average molecular weight is 479 g/mol. The van der Waals surface area contributed by atoms with Crippen molar-refractivity contribution in [3.63, 3.8) is 0 Å². The fraction of sp³-hybridized carbons (Fsp3) is 0.650. The summed E-state index contributed by atoms with van der Waals surface area (Å²) in [6.45, 7) is 5.53. The molecule has 0 aliphatic carbocycles. The van der Waals surface area contributed by atoms with Crippen LogP contribution in [0.4, 0.5) is 18.9 Å². The molecule has 2 aliphatic heterocycles. The van der Waals surface area contributed by atoms with E-state index in [2.05, 4.69) is 10.1 Å². The lowest BCUT2D eigenvalue weighted by Crippen LogP contribution is -2.62. The van der Waals surface area contributed by atoms with Crippen LogP contribution in [0, 0.1) is 0 Å². The summed E-state index contributed by atoms with van der Waals surface area (Å²) in [6, 6.07) is 4.12. The zero-order valence-electron chi connectivity index (χ0n) is 18.1. The Kier molecular flexibility index (Phi) is 7.69. The van der Waals surface area contributed by atoms with Gasteiger partial charge in [0.2, 0.25) is 5.91 Å². The zero-order chi connectivity index (χ0) is 23.5. The normalized spacial score (nSPS) is 22.1. The van der Waals surface area contributed by atoms with E-state index < -0.39 is 34.3 Å². The van der Waals surface area contributed by atoms with Crippen molar-refractivity contribution in [2.75, 3.05) is 38.0 Å². The summed E-state index contributed by atoms with van der Waals surface area (Å²) in [5.41, 5.74) is 0.296. The molecule has 0 spiro atoms. The van der Waals surface area contributed by atoms with Gasteiger partial charge < -0.3 is 10.1 Å². The van der Waals surface area contributed by atoms with Gasteiger partial charge in [0.25, 0.3) is 10.2 Å². The van der Waals surface area contributed by atoms with Gasteiger partial charge in [0, 0.05) is 44.5 Å². The van der Waals surface area contributed by atoms with Crippen LogP contribution in [-0.2, 0) is 15.0 Å². The van der Waals surface area contributed by atoms with Crippen LogP contribution in [0.25, 0.3) is 0 Å². The maximum atomic E-state index is 13.1. The van der Waals surface area contributed by atoms with Crippen LogP contribution in [0.1, 0.15) is 33.1 Å². The Morgan fingerprint density at radius 3 is 2.22 bits per heavy atom. The number of hydrogen-bond donors (Lipinski definition) is 1. The summed E-state index contributed by atoms with van der Waals surface area (Å²) in [6.07, 6.45) is -2.15. The van der Waals surface area contributed by atoms with E-state index in [-0.39, 0.29) is 12.6 Å². The molecule has 1 aromatic carbocycles. The smallest absolute Gasteiger partial charge is 0.406 e. The molecular formula is C20H29F3N4O4S. The Labute approximate surface area is 186 Å². The number of piperazine rings is 1. The first kappa shape index (κ1) is 24.7. The molecule has 1 aromatic rings. The topological polar surface area (TPSA) is 82.2 Å². The summed E-state index contributed by atoms with van der Waals surface area (Å²) in [7, 11) is -3.66. The highest BCUT2D eigenvalue weighted by Gasteiger charge is 2.40. The first-order valence-electron chi connectivity index (χ1n) is 10.6. The summed E-state index contributed by atoms with van der Waals surface area (Å²) in [4.78, 5) is 15.0. The average Bonchev–Trinajstić information content (AvgIpc) is 2.74. The van der Waals surface area contributed by atoms with Gasteiger partial charge in [-0.05, 0) is 51.0 Å². The Morgan fingerprint density at radius 2 is 1.66 bits per heavy atom. The second kappa shape index (κ2) is 9.94. The van der Waals surface area contributed by atoms with Crippen molar-refractivity contribution < 1.29 is 31.1 Å². The Morgan fingerprint density at radius 1 is 1.03 bits per heavy atom. The van der Waals surface area contributed by atoms with E-state index in [0.717, 1.165) is 31.4 Å². The number of carbonyl (C=O) groups excluding carboxylic acids is 1. The van der Waals surface area contributed by atoms with E-state index in [1.807, 2.05) is 18.7 Å². The minimum absolute atomic E-state index is 0.00755. The number of anilines is 1. The molecule has 2 aliphatic rings. The Bertz CT molecular complexity index is 887. The Balaban J connectivity index is 1.71. The molecule has 0 saturated carbocycles. The summed E-state index contributed by atoms with van der Waals surface area (Å²) < 4.78 is 69.8. The number of piperidine rings is 1. The quantitative estimate of drug-likeness (QED) is 0.680. The van der Waals surface area contributed by atoms with Crippen LogP contribution >= 0.6 is 0 Å². The van der Waals surface area contributed by atoms with Gasteiger partial charge in [0.05, 0.1) is 0 Å². The number of hydrogen-bond acceptors (Lipinski definition) is 5. The molecule has 2 fully saturated rings. The second-order valence-electron chi connectivity index (χ2n) is 8.23. The summed E-state index contributed by atoms with van der Waals surface area (Å²) in [5, 5.41) is 2.69. The lowest BCUT2D eigenvalue weighted by molar-refractivity contribution is -0.274. The molecule has 180 valence electrons. The third-order valence-electron chi connectivity index (χ3n) is 5.67. The minimum Gasteiger partial charge on any atom is -0.406 e. The van der Waals surface area contributed by atoms with Gasteiger partial charge in [0.1, 0.15) is 11.8 Å². The third-order valence-corrected chi connectivity index (χ3v) is 7.68. The molecule has 1 amide bonds. The van der Waals surface area contributed by atoms with Crippen molar-refractivity contribution in [2.45, 2.75) is 51.6 Å². The highest BCUT2D eigenvalue weighted by atomic mass is 32.2. The molecule has 2 saturated heterocycles. The van der Waals surface area contributed by atoms with E-state index in [4.69, 9.17) is 0 Å². The molecule has 0 bridgehead atoms. The highest BCUT2D eigenvalue weighted by Crippen LogP contribution is 2.25. The van der Waals surface area contributed by atoms with Gasteiger partial charge in [0.15, 0.2) is 0 Å². The van der Waals surface area contributed by atoms with Crippen molar-refractivity contribution in [2.24, 2.45) is 0 Å². The number of benzene rings is 1. The lowest BCUT2D eigenvalue weighted by Gasteiger charge is -2.43. The molecule has 2 heterocycles. The fourth-order valence-corrected chi connectivity index (χ4v) is 5.75. The van der Waals surface area contributed by atoms with Crippen LogP contribution in [0.2, 0.25) is 0 Å². The van der Waals surface area contributed by atoms with Gasteiger partial charge in [-0.15, -0.1) is 13.2 Å². The molecule has 1 atom stereocenters. The number of ether oxygens (including phenoxy) is 1. The van der Waals surface area contributed by atoms with Gasteiger partial charge in [-0.1, -0.05) is 6.42 Å². The van der Waals surface area contributed by atoms with Crippen molar-refractivity contribution >= 4 is 21.8 Å². The van der Waals surface area contributed by atoms with Crippen molar-refractivity contribution in [3.05, 3.63) is 24.3 Å². The van der Waals surface area contributed by atoms with E-state index >= 15 is 0 Å². The standard InChI is InChI=1S/C20H29F3N4O4S/c1-15(2)27-13-12-26(32(29,30)25-10-4-3-5-11-25)14-18(27)19(28)24-16-6-8-17(9-7-16)31-20(21,22)23/h6-9,15,18H,3-5,10-14H2,1-2H3,(H,24,28). The van der Waals surface area contributed by atoms with E-state index in [0.29, 0.717) is 31.9 Å². The van der Waals surface area contributed by atoms with Crippen LogP contribution in [0.5, 0.6) is 5.75 Å². The molecule has 1 N–H and O–H groups in total. The van der Waals surface area contributed by atoms with Gasteiger partial charge in [-0.3, -0.25) is 9.69 Å². The molecule has 32 heavy (non-hydrogen) atoms. The van der Waals surface area contributed by atoms with Crippen molar-refractivity contribution in [1.82, 2.24) is 13.5 Å². The number of halogens is 3. The fourth-order valence-electron chi connectivity index (χ4n) is 4.06. The molecular weight excluding hydrogens is 449 g/mol. The molecule has 12 heteroatoms. The first-order valence-corrected chi connectivity index (χ1v) is 12.0. The van der Waals surface area contributed by atoms with Crippen LogP contribution in [0.3, 0.4) is 0 Å².